The van der Waals surface area contributed by atoms with Gasteiger partial charge in [0.15, 0.2) is 0 Å². The second kappa shape index (κ2) is 8.48. The Labute approximate surface area is 144 Å². The predicted octanol–water partition coefficient (Wildman–Crippen LogP) is 4.21. The quantitative estimate of drug-likeness (QED) is 0.693. The lowest BCUT2D eigenvalue weighted by Crippen LogP contribution is -2.12. The number of furan rings is 1. The van der Waals surface area contributed by atoms with Crippen LogP contribution in [0, 0.1) is 5.92 Å². The Morgan fingerprint density at radius 2 is 2.04 bits per heavy atom. The average molecular weight is 354 g/mol. The molecule has 4 nitrogen and oxygen atoms in total. The number of nitrogens with zero attached hydrogens (tertiary/aromatic N) is 1. The van der Waals surface area contributed by atoms with Crippen molar-refractivity contribution in [2.24, 2.45) is 5.92 Å². The topological polar surface area (TPSA) is 47.3 Å². The maximum Gasteiger partial charge on any atom is 0.284 e. The lowest BCUT2D eigenvalue weighted by atomic mass is 10.3. The molecule has 0 atom stereocenters. The fourth-order valence-corrected chi connectivity index (χ4v) is 2.60. The summed E-state index contributed by atoms with van der Waals surface area (Å²) in [6, 6.07) is 7.41. The van der Waals surface area contributed by atoms with Crippen LogP contribution in [0.3, 0.4) is 0 Å². The van der Waals surface area contributed by atoms with Crippen molar-refractivity contribution in [3.05, 3.63) is 47.5 Å². The highest BCUT2D eigenvalue weighted by Gasteiger charge is 2.22. The number of aromatic nitrogens is 1. The van der Waals surface area contributed by atoms with Gasteiger partial charge in [-0.1, -0.05) is 17.8 Å². The van der Waals surface area contributed by atoms with Gasteiger partial charge >= 0.3 is 0 Å². The molecule has 1 saturated carbocycles. The van der Waals surface area contributed by atoms with Gasteiger partial charge < -0.3 is 14.5 Å². The van der Waals surface area contributed by atoms with Crippen LogP contribution >= 0.6 is 11.8 Å². The number of alkyl halides is 2. The number of rotatable bonds is 10. The molecule has 0 bridgehead atoms. The summed E-state index contributed by atoms with van der Waals surface area (Å²) >= 11 is 0.562. The van der Waals surface area contributed by atoms with Crippen molar-refractivity contribution in [2.75, 3.05) is 6.61 Å². The SMILES string of the molecule is FC(F)SCc1ccc(CNCc2ccc(OCC3CC3)nc2)o1. The molecule has 24 heavy (non-hydrogen) atoms. The zero-order valence-electron chi connectivity index (χ0n) is 13.2. The van der Waals surface area contributed by atoms with E-state index in [9.17, 15) is 8.78 Å². The van der Waals surface area contributed by atoms with Crippen LogP contribution in [0.5, 0.6) is 5.88 Å². The maximum atomic E-state index is 12.1. The summed E-state index contributed by atoms with van der Waals surface area (Å²) in [5.41, 5.74) is 1.05. The first-order chi connectivity index (χ1) is 11.7. The molecule has 0 saturated heterocycles. The molecule has 2 heterocycles. The Hall–Kier alpha value is -1.60. The van der Waals surface area contributed by atoms with Crippen molar-refractivity contribution in [1.29, 1.82) is 0 Å². The fraction of sp³-hybridized carbons (Fsp3) is 0.471. The lowest BCUT2D eigenvalue weighted by Gasteiger charge is -2.06. The van der Waals surface area contributed by atoms with E-state index in [1.807, 2.05) is 12.1 Å². The standard InChI is InChI=1S/C17H20F2N2O2S/c18-17(19)24-11-15-5-4-14(23-15)9-20-7-13-3-6-16(21-8-13)22-10-12-1-2-12/h3-6,8,12,17,20H,1-2,7,9-11H2. The molecule has 2 aromatic rings. The second-order valence-electron chi connectivity index (χ2n) is 5.80. The zero-order valence-corrected chi connectivity index (χ0v) is 14.0. The van der Waals surface area contributed by atoms with Gasteiger partial charge in [0.25, 0.3) is 5.76 Å². The molecule has 1 aliphatic carbocycles. The minimum Gasteiger partial charge on any atom is -0.477 e. The van der Waals surface area contributed by atoms with E-state index in [0.29, 0.717) is 42.4 Å². The van der Waals surface area contributed by atoms with Crippen molar-refractivity contribution >= 4 is 11.8 Å². The molecule has 1 aliphatic rings. The molecule has 1 N–H and O–H groups in total. The van der Waals surface area contributed by atoms with Gasteiger partial charge in [-0.2, -0.15) is 8.78 Å². The van der Waals surface area contributed by atoms with E-state index in [1.165, 1.54) is 12.8 Å². The molecule has 0 spiro atoms. The van der Waals surface area contributed by atoms with E-state index in [0.717, 1.165) is 17.9 Å². The number of pyridine rings is 1. The van der Waals surface area contributed by atoms with Gasteiger partial charge in [0.1, 0.15) is 11.5 Å². The Morgan fingerprint density at radius 1 is 1.21 bits per heavy atom. The number of thioether (sulfide) groups is 1. The van der Waals surface area contributed by atoms with E-state index in [-0.39, 0.29) is 5.75 Å². The number of nitrogens with one attached hydrogen (secondary N) is 1. The molecule has 0 aliphatic heterocycles. The van der Waals surface area contributed by atoms with Crippen LogP contribution < -0.4 is 10.1 Å². The van der Waals surface area contributed by atoms with Gasteiger partial charge in [-0.15, -0.1) is 0 Å². The first-order valence-corrected chi connectivity index (χ1v) is 8.99. The van der Waals surface area contributed by atoms with Crippen LogP contribution in [0.15, 0.2) is 34.9 Å². The van der Waals surface area contributed by atoms with Crippen LogP contribution in [0.4, 0.5) is 8.78 Å². The van der Waals surface area contributed by atoms with Crippen molar-refractivity contribution in [2.45, 2.75) is 37.4 Å². The maximum absolute atomic E-state index is 12.1. The van der Waals surface area contributed by atoms with Gasteiger partial charge in [0.2, 0.25) is 5.88 Å². The van der Waals surface area contributed by atoms with E-state index in [2.05, 4.69) is 10.3 Å². The molecule has 0 amide bonds. The largest absolute Gasteiger partial charge is 0.477 e. The zero-order chi connectivity index (χ0) is 16.8. The predicted molar refractivity (Wildman–Crippen MR) is 89.0 cm³/mol. The van der Waals surface area contributed by atoms with Crippen LogP contribution in [0.25, 0.3) is 0 Å². The van der Waals surface area contributed by atoms with E-state index >= 15 is 0 Å². The Kier molecular flexibility index (Phi) is 6.09. The first kappa shape index (κ1) is 17.2. The molecular weight excluding hydrogens is 334 g/mol. The Morgan fingerprint density at radius 3 is 2.75 bits per heavy atom. The minimum atomic E-state index is -2.37. The number of halogens is 2. The highest BCUT2D eigenvalue weighted by atomic mass is 32.2. The molecular formula is C17H20F2N2O2S. The Bertz CT molecular complexity index is 630. The third kappa shape index (κ3) is 5.79. The Balaban J connectivity index is 1.37. The molecule has 0 aromatic carbocycles. The van der Waals surface area contributed by atoms with Crippen LogP contribution in [0.1, 0.15) is 29.9 Å². The summed E-state index contributed by atoms with van der Waals surface area (Å²) in [6.45, 7) is 1.95. The highest BCUT2D eigenvalue weighted by molar-refractivity contribution is 7.98. The summed E-state index contributed by atoms with van der Waals surface area (Å²) < 4.78 is 35.4. The molecule has 0 radical (unpaired) electrons. The van der Waals surface area contributed by atoms with Gasteiger partial charge in [0, 0.05) is 18.8 Å². The number of hydrogen-bond donors (Lipinski definition) is 1. The third-order valence-electron chi connectivity index (χ3n) is 3.66. The van der Waals surface area contributed by atoms with Crippen molar-refractivity contribution in [3.63, 3.8) is 0 Å². The van der Waals surface area contributed by atoms with Gasteiger partial charge in [-0.25, -0.2) is 4.98 Å². The van der Waals surface area contributed by atoms with Crippen LogP contribution in [0.2, 0.25) is 0 Å². The minimum absolute atomic E-state index is 0.184. The van der Waals surface area contributed by atoms with E-state index < -0.39 is 5.76 Å². The molecule has 7 heteroatoms. The molecule has 0 unspecified atom stereocenters. The van der Waals surface area contributed by atoms with Crippen LogP contribution in [-0.4, -0.2) is 17.3 Å². The summed E-state index contributed by atoms with van der Waals surface area (Å²) in [5, 5.41) is 3.25. The third-order valence-corrected chi connectivity index (χ3v) is 4.36. The molecule has 2 aromatic heterocycles. The van der Waals surface area contributed by atoms with Crippen molar-refractivity contribution in [3.8, 4) is 5.88 Å². The van der Waals surface area contributed by atoms with Crippen LogP contribution in [-0.2, 0) is 18.8 Å². The summed E-state index contributed by atoms with van der Waals surface area (Å²) in [4.78, 5) is 4.29. The monoisotopic (exact) mass is 354 g/mol. The second-order valence-corrected chi connectivity index (χ2v) is 6.78. The van der Waals surface area contributed by atoms with Crippen molar-refractivity contribution in [1.82, 2.24) is 10.3 Å². The van der Waals surface area contributed by atoms with E-state index in [4.69, 9.17) is 9.15 Å². The summed E-state index contributed by atoms with van der Waals surface area (Å²) in [6.07, 6.45) is 4.32. The van der Waals surface area contributed by atoms with Crippen molar-refractivity contribution < 1.29 is 17.9 Å². The van der Waals surface area contributed by atoms with E-state index in [1.54, 1.807) is 18.3 Å². The van der Waals surface area contributed by atoms with Gasteiger partial charge in [-0.05, 0) is 36.5 Å². The number of hydrogen-bond acceptors (Lipinski definition) is 5. The molecule has 1 fully saturated rings. The smallest absolute Gasteiger partial charge is 0.284 e. The normalized spacial score (nSPS) is 14.3. The average Bonchev–Trinajstić information content (AvgIpc) is 3.30. The first-order valence-electron chi connectivity index (χ1n) is 7.95. The number of ether oxygens (including phenoxy) is 1. The fourth-order valence-electron chi connectivity index (χ4n) is 2.16. The van der Waals surface area contributed by atoms with Gasteiger partial charge in [-0.3, -0.25) is 0 Å². The highest BCUT2D eigenvalue weighted by Crippen LogP contribution is 2.29. The summed E-state index contributed by atoms with van der Waals surface area (Å²) in [5.74, 6) is 0.487. The molecule has 130 valence electrons. The lowest BCUT2D eigenvalue weighted by molar-refractivity contribution is 0.251. The van der Waals surface area contributed by atoms with Gasteiger partial charge in [0.05, 0.1) is 18.9 Å². The molecule has 3 rings (SSSR count). The summed E-state index contributed by atoms with van der Waals surface area (Å²) in [7, 11) is 0.